The van der Waals surface area contributed by atoms with Crippen molar-refractivity contribution in [1.29, 1.82) is 0 Å². The largest absolute Gasteiger partial charge is 0.451 e. The maximum Gasteiger partial charge on any atom is 0.344 e. The van der Waals surface area contributed by atoms with E-state index in [0.29, 0.717) is 5.56 Å². The molecule has 2 rings (SSSR count). The van der Waals surface area contributed by atoms with Gasteiger partial charge in [0, 0.05) is 11.8 Å². The third-order valence-corrected chi connectivity index (χ3v) is 2.11. The molecule has 0 N–H and O–H groups in total. The number of carbonyl (C=O) groups excluding carboxylic acids is 1. The van der Waals surface area contributed by atoms with Gasteiger partial charge < -0.3 is 4.74 Å². The van der Waals surface area contributed by atoms with E-state index < -0.39 is 17.5 Å². The lowest BCUT2D eigenvalue weighted by Gasteiger charge is -2.16. The molecule has 0 aliphatic carbocycles. The zero-order valence-electron chi connectivity index (χ0n) is 7.30. The fourth-order valence-electron chi connectivity index (χ4n) is 1.47. The van der Waals surface area contributed by atoms with Crippen LogP contribution in [0.4, 0.5) is 4.39 Å². The molecule has 68 valence electrons. The first-order valence-corrected chi connectivity index (χ1v) is 3.91. The van der Waals surface area contributed by atoms with Gasteiger partial charge in [-0.15, -0.1) is 0 Å². The van der Waals surface area contributed by atoms with Gasteiger partial charge in [-0.3, -0.25) is 0 Å². The van der Waals surface area contributed by atoms with Crippen molar-refractivity contribution in [2.75, 3.05) is 0 Å². The van der Waals surface area contributed by atoms with Crippen LogP contribution >= 0.6 is 0 Å². The second kappa shape index (κ2) is 2.28. The van der Waals surface area contributed by atoms with Crippen molar-refractivity contribution >= 4 is 5.97 Å². The first-order chi connectivity index (χ1) is 6.02. The van der Waals surface area contributed by atoms with Gasteiger partial charge in [-0.05, 0) is 19.9 Å². The predicted octanol–water partition coefficient (Wildman–Crippen LogP) is 1.63. The molecule has 0 saturated carbocycles. The highest BCUT2D eigenvalue weighted by molar-refractivity contribution is 5.94. The number of aromatic nitrogens is 1. The van der Waals surface area contributed by atoms with Crippen molar-refractivity contribution in [3.63, 3.8) is 0 Å². The molecule has 0 amide bonds. The van der Waals surface area contributed by atoms with Crippen LogP contribution in [0.1, 0.15) is 29.8 Å². The summed E-state index contributed by atoms with van der Waals surface area (Å²) >= 11 is 0. The van der Waals surface area contributed by atoms with Gasteiger partial charge in [0.15, 0.2) is 0 Å². The number of halogens is 1. The molecule has 0 unspecified atom stereocenters. The van der Waals surface area contributed by atoms with Crippen LogP contribution in [-0.2, 0) is 10.3 Å². The Morgan fingerprint density at radius 3 is 2.85 bits per heavy atom. The minimum atomic E-state index is -0.756. The molecule has 1 aromatic heterocycles. The average molecular weight is 181 g/mol. The maximum absolute atomic E-state index is 13.1. The van der Waals surface area contributed by atoms with Crippen LogP contribution in [0.15, 0.2) is 12.3 Å². The van der Waals surface area contributed by atoms with Crippen molar-refractivity contribution in [3.8, 4) is 0 Å². The van der Waals surface area contributed by atoms with Gasteiger partial charge in [-0.25, -0.2) is 9.78 Å². The van der Waals surface area contributed by atoms with Crippen LogP contribution in [0.3, 0.4) is 0 Å². The molecule has 0 radical (unpaired) electrons. The molecule has 0 spiro atoms. The predicted molar refractivity (Wildman–Crippen MR) is 42.6 cm³/mol. The van der Waals surface area contributed by atoms with Crippen LogP contribution in [0.5, 0.6) is 0 Å². The highest BCUT2D eigenvalue weighted by atomic mass is 19.1. The maximum atomic E-state index is 13.1. The van der Waals surface area contributed by atoms with Gasteiger partial charge in [0.25, 0.3) is 0 Å². The molecule has 13 heavy (non-hydrogen) atoms. The first kappa shape index (κ1) is 8.16. The topological polar surface area (TPSA) is 39.2 Å². The number of hydrogen-bond acceptors (Lipinski definition) is 3. The average Bonchev–Trinajstić information content (AvgIpc) is 2.24. The van der Waals surface area contributed by atoms with Gasteiger partial charge >= 0.3 is 5.97 Å². The van der Waals surface area contributed by atoms with E-state index in [1.165, 1.54) is 6.20 Å². The summed E-state index contributed by atoms with van der Waals surface area (Å²) in [5.74, 6) is -1.39. The van der Waals surface area contributed by atoms with E-state index in [1.807, 2.05) is 0 Å². The van der Waals surface area contributed by atoms with Crippen molar-refractivity contribution in [3.05, 3.63) is 29.3 Å². The molecular weight excluding hydrogens is 173 g/mol. The molecule has 0 aromatic carbocycles. The van der Waals surface area contributed by atoms with E-state index in [1.54, 1.807) is 19.9 Å². The number of hydrogen-bond donors (Lipinski definition) is 0. The summed E-state index contributed by atoms with van der Waals surface area (Å²) in [5, 5.41) is 0. The zero-order chi connectivity index (χ0) is 9.64. The molecule has 0 bridgehead atoms. The molecule has 4 heteroatoms. The Bertz CT molecular complexity index is 387. The molecule has 2 heterocycles. The summed E-state index contributed by atoms with van der Waals surface area (Å²) in [4.78, 5) is 14.6. The molecule has 0 saturated heterocycles. The number of cyclic esters (lactones) is 1. The van der Waals surface area contributed by atoms with Crippen LogP contribution < -0.4 is 0 Å². The Hall–Kier alpha value is -1.45. The quantitative estimate of drug-likeness (QED) is 0.451. The number of esters is 1. The number of fused-ring (bicyclic) bond motifs is 1. The summed E-state index contributed by atoms with van der Waals surface area (Å²) in [6.07, 6.45) is 1.33. The van der Waals surface area contributed by atoms with Gasteiger partial charge in [0.2, 0.25) is 5.95 Å². The number of pyridine rings is 1. The minimum Gasteiger partial charge on any atom is -0.451 e. The molecule has 1 aromatic rings. The molecule has 3 nitrogen and oxygen atoms in total. The number of carbonyl (C=O) groups is 1. The number of ether oxygens (including phenoxy) is 1. The Morgan fingerprint density at radius 2 is 2.23 bits per heavy atom. The lowest BCUT2D eigenvalue weighted by molar-refractivity contribution is 0.00940. The van der Waals surface area contributed by atoms with E-state index in [9.17, 15) is 9.18 Å². The Kier molecular flexibility index (Phi) is 1.43. The fourth-order valence-corrected chi connectivity index (χ4v) is 1.47. The highest BCUT2D eigenvalue weighted by Gasteiger charge is 2.40. The minimum absolute atomic E-state index is 0.0347. The SMILES string of the molecule is CC1(C)OC(=O)c2c1ccnc2F. The lowest BCUT2D eigenvalue weighted by Crippen LogP contribution is -2.15. The van der Waals surface area contributed by atoms with Gasteiger partial charge in [-0.1, -0.05) is 0 Å². The summed E-state index contributed by atoms with van der Waals surface area (Å²) < 4.78 is 18.1. The summed E-state index contributed by atoms with van der Waals surface area (Å²) in [5.41, 5.74) is -0.214. The van der Waals surface area contributed by atoms with Crippen LogP contribution in [-0.4, -0.2) is 11.0 Å². The van der Waals surface area contributed by atoms with E-state index in [4.69, 9.17) is 4.74 Å². The smallest absolute Gasteiger partial charge is 0.344 e. The second-order valence-corrected chi connectivity index (χ2v) is 3.42. The Morgan fingerprint density at radius 1 is 1.54 bits per heavy atom. The Balaban J connectivity index is 2.72. The van der Waals surface area contributed by atoms with Gasteiger partial charge in [0.1, 0.15) is 11.2 Å². The van der Waals surface area contributed by atoms with Crippen LogP contribution in [0.25, 0.3) is 0 Å². The van der Waals surface area contributed by atoms with Gasteiger partial charge in [-0.2, -0.15) is 4.39 Å². The molecule has 1 aliphatic heterocycles. The monoisotopic (exact) mass is 181 g/mol. The zero-order valence-corrected chi connectivity index (χ0v) is 7.30. The summed E-state index contributed by atoms with van der Waals surface area (Å²) in [6.45, 7) is 3.44. The molecule has 0 fully saturated rings. The third kappa shape index (κ3) is 1.02. The van der Waals surface area contributed by atoms with Crippen molar-refractivity contribution < 1.29 is 13.9 Å². The molecule has 0 atom stereocenters. The number of nitrogens with zero attached hydrogens (tertiary/aromatic N) is 1. The van der Waals surface area contributed by atoms with E-state index >= 15 is 0 Å². The van der Waals surface area contributed by atoms with Crippen molar-refractivity contribution in [2.45, 2.75) is 19.4 Å². The van der Waals surface area contributed by atoms with Crippen LogP contribution in [0.2, 0.25) is 0 Å². The highest BCUT2D eigenvalue weighted by Crippen LogP contribution is 2.35. The second-order valence-electron chi connectivity index (χ2n) is 3.42. The van der Waals surface area contributed by atoms with E-state index in [0.717, 1.165) is 0 Å². The first-order valence-electron chi connectivity index (χ1n) is 3.91. The van der Waals surface area contributed by atoms with Crippen molar-refractivity contribution in [2.24, 2.45) is 0 Å². The number of rotatable bonds is 0. The van der Waals surface area contributed by atoms with E-state index in [2.05, 4.69) is 4.98 Å². The van der Waals surface area contributed by atoms with Gasteiger partial charge in [0.05, 0.1) is 0 Å². The Labute approximate surface area is 74.5 Å². The van der Waals surface area contributed by atoms with E-state index in [-0.39, 0.29) is 5.56 Å². The normalized spacial score (nSPS) is 18.2. The standard InChI is InChI=1S/C9H8FNO2/c1-9(2)5-3-4-11-7(10)6(5)8(12)13-9/h3-4H,1-2H3. The fraction of sp³-hybridized carbons (Fsp3) is 0.333. The summed E-state index contributed by atoms with van der Waals surface area (Å²) in [6, 6.07) is 1.60. The van der Waals surface area contributed by atoms with Crippen LogP contribution in [0, 0.1) is 5.95 Å². The molecular formula is C9H8FNO2. The summed E-state index contributed by atoms with van der Waals surface area (Å²) in [7, 11) is 0. The molecule has 1 aliphatic rings. The third-order valence-electron chi connectivity index (χ3n) is 2.11. The van der Waals surface area contributed by atoms with Crippen molar-refractivity contribution in [1.82, 2.24) is 4.98 Å². The lowest BCUT2D eigenvalue weighted by atomic mass is 9.98.